The second-order valence-electron chi connectivity index (χ2n) is 5.01. The van der Waals surface area contributed by atoms with E-state index in [0.29, 0.717) is 0 Å². The number of ether oxygens (including phenoxy) is 1. The van der Waals surface area contributed by atoms with Gasteiger partial charge in [0.2, 0.25) is 0 Å². The van der Waals surface area contributed by atoms with Crippen LogP contribution in [0.3, 0.4) is 0 Å². The number of hydrogen-bond acceptors (Lipinski definition) is 3. The van der Waals surface area contributed by atoms with E-state index >= 15 is 0 Å². The van der Waals surface area contributed by atoms with Crippen molar-refractivity contribution in [3.05, 3.63) is 0 Å². The first-order chi connectivity index (χ1) is 6.76. The molecule has 0 radical (unpaired) electrons. The zero-order valence-electron chi connectivity index (χ0n) is 9.17. The van der Waals surface area contributed by atoms with E-state index in [1.165, 1.54) is 19.3 Å². The largest absolute Gasteiger partial charge is 0.381 e. The number of hydrogen-bond donors (Lipinski definition) is 1. The third-order valence-corrected chi connectivity index (χ3v) is 3.90. The van der Waals surface area contributed by atoms with Gasteiger partial charge >= 0.3 is 0 Å². The molecular formula is C11H22N2O. The van der Waals surface area contributed by atoms with E-state index < -0.39 is 0 Å². The van der Waals surface area contributed by atoms with E-state index in [4.69, 9.17) is 10.5 Å². The molecule has 2 aliphatic rings. The van der Waals surface area contributed by atoms with Crippen molar-refractivity contribution >= 4 is 0 Å². The Balaban J connectivity index is 1.86. The lowest BCUT2D eigenvalue weighted by molar-refractivity contribution is 0.0808. The molecule has 0 aromatic carbocycles. The molecule has 3 nitrogen and oxygen atoms in total. The van der Waals surface area contributed by atoms with Crippen LogP contribution in [0.25, 0.3) is 0 Å². The van der Waals surface area contributed by atoms with Crippen LogP contribution in [-0.2, 0) is 4.74 Å². The van der Waals surface area contributed by atoms with E-state index in [2.05, 4.69) is 11.9 Å². The van der Waals surface area contributed by atoms with Crippen LogP contribution in [-0.4, -0.2) is 44.3 Å². The lowest BCUT2D eigenvalue weighted by Gasteiger charge is -2.39. The van der Waals surface area contributed by atoms with Crippen LogP contribution in [0, 0.1) is 5.41 Å². The molecule has 0 aromatic heterocycles. The Labute approximate surface area is 86.6 Å². The molecule has 1 heterocycles. The zero-order valence-corrected chi connectivity index (χ0v) is 9.17. The van der Waals surface area contributed by atoms with Gasteiger partial charge in [0.25, 0.3) is 0 Å². The lowest BCUT2D eigenvalue weighted by atomic mass is 9.84. The van der Waals surface area contributed by atoms with Gasteiger partial charge in [-0.1, -0.05) is 6.42 Å². The fraction of sp³-hybridized carbons (Fsp3) is 1.00. The van der Waals surface area contributed by atoms with E-state index in [9.17, 15) is 0 Å². The van der Waals surface area contributed by atoms with Gasteiger partial charge in [-0.3, -0.25) is 0 Å². The van der Waals surface area contributed by atoms with Gasteiger partial charge in [0.15, 0.2) is 0 Å². The predicted molar refractivity (Wildman–Crippen MR) is 57.2 cm³/mol. The number of nitrogens with two attached hydrogens (primary N) is 1. The molecule has 2 N–H and O–H groups in total. The van der Waals surface area contributed by atoms with Crippen LogP contribution in [0.2, 0.25) is 0 Å². The van der Waals surface area contributed by atoms with Crippen molar-refractivity contribution in [1.82, 2.24) is 4.90 Å². The van der Waals surface area contributed by atoms with E-state index in [1.807, 2.05) is 0 Å². The van der Waals surface area contributed by atoms with E-state index in [-0.39, 0.29) is 5.41 Å². The van der Waals surface area contributed by atoms with Crippen molar-refractivity contribution < 1.29 is 4.74 Å². The number of rotatable bonds is 4. The topological polar surface area (TPSA) is 38.5 Å². The van der Waals surface area contributed by atoms with Crippen LogP contribution >= 0.6 is 0 Å². The Morgan fingerprint density at radius 1 is 1.50 bits per heavy atom. The molecule has 0 spiro atoms. The Bertz CT molecular complexity index is 186. The molecular weight excluding hydrogens is 176 g/mol. The van der Waals surface area contributed by atoms with Crippen LogP contribution in [0.4, 0.5) is 0 Å². The van der Waals surface area contributed by atoms with Crippen molar-refractivity contribution in [2.24, 2.45) is 11.1 Å². The summed E-state index contributed by atoms with van der Waals surface area (Å²) in [5.41, 5.74) is 6.12. The molecule has 1 saturated heterocycles. The van der Waals surface area contributed by atoms with Crippen molar-refractivity contribution in [3.63, 3.8) is 0 Å². The third-order valence-electron chi connectivity index (χ3n) is 3.90. The fourth-order valence-corrected chi connectivity index (χ4v) is 2.49. The van der Waals surface area contributed by atoms with E-state index in [0.717, 1.165) is 38.8 Å². The van der Waals surface area contributed by atoms with E-state index in [1.54, 1.807) is 0 Å². The highest BCUT2D eigenvalue weighted by atomic mass is 16.5. The lowest BCUT2D eigenvalue weighted by Crippen LogP contribution is -2.47. The predicted octanol–water partition coefficient (Wildman–Crippen LogP) is 0.836. The smallest absolute Gasteiger partial charge is 0.0547 e. The second-order valence-corrected chi connectivity index (χ2v) is 5.01. The summed E-state index contributed by atoms with van der Waals surface area (Å²) in [5, 5.41) is 0. The first kappa shape index (κ1) is 10.4. The van der Waals surface area contributed by atoms with Crippen molar-refractivity contribution in [3.8, 4) is 0 Å². The highest BCUT2D eigenvalue weighted by Gasteiger charge is 2.36. The zero-order chi connectivity index (χ0) is 10.0. The highest BCUT2D eigenvalue weighted by Crippen LogP contribution is 2.31. The van der Waals surface area contributed by atoms with Crippen LogP contribution < -0.4 is 5.73 Å². The SMILES string of the molecule is CN(CC1(CN)CCOC1)C1CCC1. The van der Waals surface area contributed by atoms with Crippen molar-refractivity contribution in [2.75, 3.05) is 33.4 Å². The minimum absolute atomic E-state index is 0.254. The summed E-state index contributed by atoms with van der Waals surface area (Å²) in [6.07, 6.45) is 5.29. The monoisotopic (exact) mass is 198 g/mol. The summed E-state index contributed by atoms with van der Waals surface area (Å²) >= 11 is 0. The summed E-state index contributed by atoms with van der Waals surface area (Å²) in [7, 11) is 2.24. The molecule has 1 unspecified atom stereocenters. The molecule has 1 aliphatic heterocycles. The van der Waals surface area contributed by atoms with Gasteiger partial charge in [0, 0.05) is 31.2 Å². The van der Waals surface area contributed by atoms with Crippen LogP contribution in [0.1, 0.15) is 25.7 Å². The van der Waals surface area contributed by atoms with Gasteiger partial charge in [-0.2, -0.15) is 0 Å². The molecule has 2 fully saturated rings. The standard InChI is InChI=1S/C11H22N2O/c1-13(10-3-2-4-10)8-11(7-12)5-6-14-9-11/h10H,2-9,12H2,1H3. The Morgan fingerprint density at radius 2 is 2.29 bits per heavy atom. The average molecular weight is 198 g/mol. The maximum Gasteiger partial charge on any atom is 0.0547 e. The van der Waals surface area contributed by atoms with Gasteiger partial charge < -0.3 is 15.4 Å². The van der Waals surface area contributed by atoms with Gasteiger partial charge in [0.1, 0.15) is 0 Å². The Hall–Kier alpha value is -0.120. The normalized spacial score (nSPS) is 33.6. The molecule has 1 saturated carbocycles. The first-order valence-corrected chi connectivity index (χ1v) is 5.74. The molecule has 1 atom stereocenters. The average Bonchev–Trinajstić information content (AvgIpc) is 2.50. The molecule has 3 heteroatoms. The molecule has 82 valence electrons. The van der Waals surface area contributed by atoms with Gasteiger partial charge in [-0.15, -0.1) is 0 Å². The number of nitrogens with zero attached hydrogens (tertiary/aromatic N) is 1. The Morgan fingerprint density at radius 3 is 2.71 bits per heavy atom. The van der Waals surface area contributed by atoms with Crippen molar-refractivity contribution in [2.45, 2.75) is 31.7 Å². The molecule has 2 rings (SSSR count). The third kappa shape index (κ3) is 1.95. The first-order valence-electron chi connectivity index (χ1n) is 5.74. The summed E-state index contributed by atoms with van der Waals surface area (Å²) < 4.78 is 5.48. The molecule has 0 amide bonds. The summed E-state index contributed by atoms with van der Waals surface area (Å²) in [6, 6.07) is 0.819. The van der Waals surface area contributed by atoms with Crippen molar-refractivity contribution in [1.29, 1.82) is 0 Å². The summed E-state index contributed by atoms with van der Waals surface area (Å²) in [6.45, 7) is 3.65. The van der Waals surface area contributed by atoms with Gasteiger partial charge in [-0.05, 0) is 26.3 Å². The molecule has 0 bridgehead atoms. The molecule has 14 heavy (non-hydrogen) atoms. The Kier molecular flexibility index (Phi) is 3.10. The fourth-order valence-electron chi connectivity index (χ4n) is 2.49. The van der Waals surface area contributed by atoms with Gasteiger partial charge in [0.05, 0.1) is 6.61 Å². The minimum Gasteiger partial charge on any atom is -0.381 e. The molecule has 1 aliphatic carbocycles. The highest BCUT2D eigenvalue weighted by molar-refractivity contribution is 4.89. The van der Waals surface area contributed by atoms with Crippen LogP contribution in [0.15, 0.2) is 0 Å². The maximum absolute atomic E-state index is 5.87. The maximum atomic E-state index is 5.87. The quantitative estimate of drug-likeness (QED) is 0.727. The van der Waals surface area contributed by atoms with Crippen LogP contribution in [0.5, 0.6) is 0 Å². The summed E-state index contributed by atoms with van der Waals surface area (Å²) in [4.78, 5) is 2.49. The van der Waals surface area contributed by atoms with Gasteiger partial charge in [-0.25, -0.2) is 0 Å². The minimum atomic E-state index is 0.254. The molecule has 0 aromatic rings. The summed E-state index contributed by atoms with van der Waals surface area (Å²) in [5.74, 6) is 0. The second kappa shape index (κ2) is 4.17.